The number of aryl methyl sites for hydroxylation is 1. The molecule has 6 nitrogen and oxygen atoms in total. The van der Waals surface area contributed by atoms with Crippen LogP contribution in [0.25, 0.3) is 10.9 Å². The Hall–Kier alpha value is -2.89. The van der Waals surface area contributed by atoms with Crippen LogP contribution in [0.3, 0.4) is 0 Å². The molecule has 27 heavy (non-hydrogen) atoms. The third kappa shape index (κ3) is 3.94. The summed E-state index contributed by atoms with van der Waals surface area (Å²) in [6, 6.07) is 10.0. The molecule has 3 aromatic rings. The van der Waals surface area contributed by atoms with Gasteiger partial charge < -0.3 is 10.2 Å². The van der Waals surface area contributed by atoms with Crippen LogP contribution in [0.1, 0.15) is 47.3 Å². The summed E-state index contributed by atoms with van der Waals surface area (Å²) in [6.45, 7) is 4.60. The molecular weight excluding hydrogens is 338 g/mol. The van der Waals surface area contributed by atoms with Crippen molar-refractivity contribution < 1.29 is 4.79 Å². The van der Waals surface area contributed by atoms with Crippen LogP contribution < -0.4 is 10.2 Å². The maximum Gasteiger partial charge on any atom is 0.272 e. The Morgan fingerprint density at radius 2 is 1.96 bits per heavy atom. The summed E-state index contributed by atoms with van der Waals surface area (Å²) in [5.74, 6) is 0.851. The minimum atomic E-state index is -0.177. The summed E-state index contributed by atoms with van der Waals surface area (Å²) in [5.41, 5.74) is 3.39. The number of nitrogens with zero attached hydrogens (tertiary/aromatic N) is 3. The monoisotopic (exact) mass is 363 g/mol. The second-order valence-corrected chi connectivity index (χ2v) is 7.23. The molecule has 4 rings (SSSR count). The number of carbonyl (C=O) groups excluding carboxylic acids is 1. The average molecular weight is 363 g/mol. The predicted octanol–water partition coefficient (Wildman–Crippen LogP) is 3.58. The molecule has 1 fully saturated rings. The Kier molecular flexibility index (Phi) is 5.05. The fourth-order valence-corrected chi connectivity index (χ4v) is 3.58. The van der Waals surface area contributed by atoms with Crippen LogP contribution in [0, 0.1) is 6.92 Å². The summed E-state index contributed by atoms with van der Waals surface area (Å²) in [5, 5.41) is 10.9. The van der Waals surface area contributed by atoms with E-state index in [1.54, 1.807) is 0 Å². The highest BCUT2D eigenvalue weighted by atomic mass is 16.1. The van der Waals surface area contributed by atoms with Crippen molar-refractivity contribution >= 4 is 22.6 Å². The number of anilines is 1. The highest BCUT2D eigenvalue weighted by molar-refractivity contribution is 6.04. The van der Waals surface area contributed by atoms with Crippen LogP contribution in [0.2, 0.25) is 0 Å². The number of nitrogens with one attached hydrogen (secondary N) is 2. The predicted molar refractivity (Wildman–Crippen MR) is 107 cm³/mol. The zero-order chi connectivity index (χ0) is 18.6. The van der Waals surface area contributed by atoms with Crippen LogP contribution in [0.5, 0.6) is 0 Å². The lowest BCUT2D eigenvalue weighted by molar-refractivity contribution is 0.0947. The number of pyridine rings is 1. The maximum absolute atomic E-state index is 12.5. The van der Waals surface area contributed by atoms with Gasteiger partial charge in [0.15, 0.2) is 5.69 Å². The topological polar surface area (TPSA) is 73.9 Å². The number of H-pyrrole nitrogens is 1. The first kappa shape index (κ1) is 17.5. The van der Waals surface area contributed by atoms with Gasteiger partial charge in [-0.15, -0.1) is 0 Å². The zero-order valence-electron chi connectivity index (χ0n) is 15.7. The summed E-state index contributed by atoms with van der Waals surface area (Å²) in [7, 11) is 0. The smallest absolute Gasteiger partial charge is 0.272 e. The van der Waals surface area contributed by atoms with Crippen LogP contribution in [-0.2, 0) is 6.54 Å². The minimum absolute atomic E-state index is 0.177. The van der Waals surface area contributed by atoms with Gasteiger partial charge in [-0.05, 0) is 43.5 Å². The number of hydrogen-bond acceptors (Lipinski definition) is 4. The van der Waals surface area contributed by atoms with E-state index in [0.29, 0.717) is 12.2 Å². The molecule has 1 saturated heterocycles. The number of benzene rings is 1. The molecule has 0 aliphatic carbocycles. The van der Waals surface area contributed by atoms with Crippen LogP contribution in [0.4, 0.5) is 5.82 Å². The lowest BCUT2D eigenvalue weighted by Crippen LogP contribution is -2.25. The van der Waals surface area contributed by atoms with Crippen molar-refractivity contribution in [1.29, 1.82) is 0 Å². The Morgan fingerprint density at radius 3 is 2.70 bits per heavy atom. The number of hydrogen-bond donors (Lipinski definition) is 2. The Labute approximate surface area is 159 Å². The second kappa shape index (κ2) is 7.78. The third-order valence-electron chi connectivity index (χ3n) is 5.13. The summed E-state index contributed by atoms with van der Waals surface area (Å²) in [4.78, 5) is 19.5. The van der Waals surface area contributed by atoms with Gasteiger partial charge in [-0.2, -0.15) is 5.10 Å². The van der Waals surface area contributed by atoms with E-state index >= 15 is 0 Å². The molecule has 0 spiro atoms. The molecule has 1 aliphatic rings. The number of fused-ring (bicyclic) bond motifs is 1. The van der Waals surface area contributed by atoms with E-state index in [1.807, 2.05) is 37.4 Å². The third-order valence-corrected chi connectivity index (χ3v) is 5.13. The minimum Gasteiger partial charge on any atom is -0.357 e. The van der Waals surface area contributed by atoms with Crippen molar-refractivity contribution in [1.82, 2.24) is 20.5 Å². The molecule has 0 unspecified atom stereocenters. The molecule has 1 amide bonds. The molecule has 0 atom stereocenters. The van der Waals surface area contributed by atoms with Gasteiger partial charge in [0.25, 0.3) is 5.91 Å². The SMILES string of the molecule is Cc1ccc2[nH]nc(C(=O)NCc3ccc(N4CCCCCC4)nc3)c2c1. The lowest BCUT2D eigenvalue weighted by atomic mass is 10.1. The van der Waals surface area contributed by atoms with Crippen LogP contribution in [0.15, 0.2) is 36.5 Å². The fraction of sp³-hybridized carbons (Fsp3) is 0.381. The highest BCUT2D eigenvalue weighted by Gasteiger charge is 2.14. The molecular formula is C21H25N5O. The van der Waals surface area contributed by atoms with Gasteiger partial charge in [-0.3, -0.25) is 9.89 Å². The van der Waals surface area contributed by atoms with Gasteiger partial charge in [-0.1, -0.05) is 30.5 Å². The Balaban J connectivity index is 1.40. The van der Waals surface area contributed by atoms with E-state index in [0.717, 1.165) is 40.9 Å². The number of aromatic nitrogens is 3. The molecule has 1 aliphatic heterocycles. The van der Waals surface area contributed by atoms with Gasteiger partial charge >= 0.3 is 0 Å². The van der Waals surface area contributed by atoms with E-state index in [2.05, 4.69) is 31.5 Å². The first-order valence-electron chi connectivity index (χ1n) is 9.63. The molecule has 0 bridgehead atoms. The first-order valence-corrected chi connectivity index (χ1v) is 9.63. The van der Waals surface area contributed by atoms with E-state index in [9.17, 15) is 4.79 Å². The zero-order valence-corrected chi connectivity index (χ0v) is 15.7. The number of aromatic amines is 1. The van der Waals surface area contributed by atoms with Crippen molar-refractivity contribution in [2.75, 3.05) is 18.0 Å². The molecule has 2 N–H and O–H groups in total. The van der Waals surface area contributed by atoms with Crippen LogP contribution >= 0.6 is 0 Å². The van der Waals surface area contributed by atoms with Crippen molar-refractivity contribution in [3.63, 3.8) is 0 Å². The van der Waals surface area contributed by atoms with Gasteiger partial charge in [0, 0.05) is 31.2 Å². The first-order chi connectivity index (χ1) is 13.2. The van der Waals surface area contributed by atoms with E-state index < -0.39 is 0 Å². The molecule has 1 aromatic carbocycles. The van der Waals surface area contributed by atoms with E-state index in [1.165, 1.54) is 25.7 Å². The molecule has 6 heteroatoms. The fourth-order valence-electron chi connectivity index (χ4n) is 3.58. The van der Waals surface area contributed by atoms with Crippen molar-refractivity contribution in [2.45, 2.75) is 39.2 Å². The highest BCUT2D eigenvalue weighted by Crippen LogP contribution is 2.19. The molecule has 3 heterocycles. The van der Waals surface area contributed by atoms with Gasteiger partial charge in [0.1, 0.15) is 5.82 Å². The van der Waals surface area contributed by atoms with E-state index in [4.69, 9.17) is 0 Å². The number of carbonyl (C=O) groups is 1. The Morgan fingerprint density at radius 1 is 1.15 bits per heavy atom. The molecule has 140 valence electrons. The van der Waals surface area contributed by atoms with Gasteiger partial charge in [0.2, 0.25) is 0 Å². The lowest BCUT2D eigenvalue weighted by Gasteiger charge is -2.21. The van der Waals surface area contributed by atoms with Crippen molar-refractivity contribution in [3.05, 3.63) is 53.3 Å². The molecule has 0 saturated carbocycles. The number of rotatable bonds is 4. The molecule has 0 radical (unpaired) electrons. The normalized spacial score (nSPS) is 14.9. The van der Waals surface area contributed by atoms with Crippen LogP contribution in [-0.4, -0.2) is 34.2 Å². The Bertz CT molecular complexity index is 923. The standard InChI is InChI=1S/C21H25N5O/c1-15-6-8-18-17(12-15)20(25-24-18)21(27)23-14-16-7-9-19(22-13-16)26-10-4-2-3-5-11-26/h6-9,12-13H,2-5,10-11,14H2,1H3,(H,23,27)(H,24,25). The average Bonchev–Trinajstić information content (AvgIpc) is 2.91. The van der Waals surface area contributed by atoms with E-state index in [-0.39, 0.29) is 5.91 Å². The number of amides is 1. The largest absolute Gasteiger partial charge is 0.357 e. The second-order valence-electron chi connectivity index (χ2n) is 7.23. The molecule has 2 aromatic heterocycles. The van der Waals surface area contributed by atoms with Crippen molar-refractivity contribution in [3.8, 4) is 0 Å². The van der Waals surface area contributed by atoms with Crippen molar-refractivity contribution in [2.24, 2.45) is 0 Å². The summed E-state index contributed by atoms with van der Waals surface area (Å²) in [6.07, 6.45) is 6.94. The summed E-state index contributed by atoms with van der Waals surface area (Å²) >= 11 is 0. The van der Waals surface area contributed by atoms with Gasteiger partial charge in [0.05, 0.1) is 5.52 Å². The van der Waals surface area contributed by atoms with Gasteiger partial charge in [-0.25, -0.2) is 4.98 Å². The maximum atomic E-state index is 12.5. The summed E-state index contributed by atoms with van der Waals surface area (Å²) < 4.78 is 0. The quantitative estimate of drug-likeness (QED) is 0.743.